The SMILES string of the molecule is C[C@H](OC(=O)c1ccc(C#N)cc1)C(=O)N1CCc2ccccc2C1. The van der Waals surface area contributed by atoms with Gasteiger partial charge in [-0.05, 0) is 48.7 Å². The highest BCUT2D eigenvalue weighted by molar-refractivity contribution is 5.92. The van der Waals surface area contributed by atoms with Crippen LogP contribution in [0.2, 0.25) is 0 Å². The summed E-state index contributed by atoms with van der Waals surface area (Å²) in [5, 5.41) is 8.78. The lowest BCUT2D eigenvalue weighted by Gasteiger charge is -2.30. The third-order valence-electron chi connectivity index (χ3n) is 4.32. The Balaban J connectivity index is 1.63. The normalized spacial score (nSPS) is 14.2. The van der Waals surface area contributed by atoms with E-state index in [0.717, 1.165) is 12.0 Å². The first-order chi connectivity index (χ1) is 12.1. The molecule has 0 radical (unpaired) electrons. The fourth-order valence-electron chi connectivity index (χ4n) is 2.90. The molecule has 0 unspecified atom stereocenters. The lowest BCUT2D eigenvalue weighted by molar-refractivity contribution is -0.140. The van der Waals surface area contributed by atoms with Crippen LogP contribution in [0.4, 0.5) is 0 Å². The van der Waals surface area contributed by atoms with E-state index in [0.29, 0.717) is 24.2 Å². The summed E-state index contributed by atoms with van der Waals surface area (Å²) in [5.41, 5.74) is 3.18. The van der Waals surface area contributed by atoms with Gasteiger partial charge < -0.3 is 9.64 Å². The molecule has 0 N–H and O–H groups in total. The molecule has 1 heterocycles. The van der Waals surface area contributed by atoms with Crippen molar-refractivity contribution < 1.29 is 14.3 Å². The molecule has 0 aromatic heterocycles. The molecule has 0 bridgehead atoms. The first-order valence-corrected chi connectivity index (χ1v) is 8.15. The Labute approximate surface area is 146 Å². The van der Waals surface area contributed by atoms with Crippen molar-refractivity contribution in [1.82, 2.24) is 4.90 Å². The van der Waals surface area contributed by atoms with Crippen LogP contribution in [0.3, 0.4) is 0 Å². The summed E-state index contributed by atoms with van der Waals surface area (Å²) < 4.78 is 5.30. The Morgan fingerprint density at radius 2 is 1.80 bits per heavy atom. The zero-order valence-corrected chi connectivity index (χ0v) is 13.9. The molecule has 1 amide bonds. The number of amides is 1. The van der Waals surface area contributed by atoms with Gasteiger partial charge in [0.1, 0.15) is 0 Å². The Bertz CT molecular complexity index is 837. The standard InChI is InChI=1S/C20H18N2O3/c1-14(25-20(24)17-8-6-15(12-21)7-9-17)19(23)22-11-10-16-4-2-3-5-18(16)13-22/h2-9,14H,10-11,13H2,1H3/t14-/m0/s1. The van der Waals surface area contributed by atoms with Crippen molar-refractivity contribution in [3.63, 3.8) is 0 Å². The van der Waals surface area contributed by atoms with Gasteiger partial charge in [-0.2, -0.15) is 5.26 Å². The Kier molecular flexibility index (Phi) is 4.80. The summed E-state index contributed by atoms with van der Waals surface area (Å²) in [7, 11) is 0. The van der Waals surface area contributed by atoms with Gasteiger partial charge in [-0.25, -0.2) is 4.79 Å². The van der Waals surface area contributed by atoms with Gasteiger partial charge in [0.2, 0.25) is 0 Å². The van der Waals surface area contributed by atoms with Crippen LogP contribution >= 0.6 is 0 Å². The van der Waals surface area contributed by atoms with E-state index in [9.17, 15) is 9.59 Å². The number of carbonyl (C=O) groups is 2. The highest BCUT2D eigenvalue weighted by Gasteiger charge is 2.27. The van der Waals surface area contributed by atoms with E-state index in [-0.39, 0.29) is 5.91 Å². The van der Waals surface area contributed by atoms with Crippen LogP contribution in [-0.2, 0) is 22.5 Å². The second-order valence-electron chi connectivity index (χ2n) is 6.02. The van der Waals surface area contributed by atoms with Gasteiger partial charge in [-0.1, -0.05) is 24.3 Å². The number of carbonyl (C=O) groups excluding carboxylic acids is 2. The lowest BCUT2D eigenvalue weighted by Crippen LogP contribution is -2.42. The van der Waals surface area contributed by atoms with Crippen LogP contribution in [-0.4, -0.2) is 29.4 Å². The Morgan fingerprint density at radius 3 is 2.48 bits per heavy atom. The van der Waals surface area contributed by atoms with Crippen molar-refractivity contribution in [2.45, 2.75) is 26.0 Å². The fourth-order valence-corrected chi connectivity index (χ4v) is 2.90. The van der Waals surface area contributed by atoms with E-state index in [1.54, 1.807) is 24.0 Å². The smallest absolute Gasteiger partial charge is 0.338 e. The highest BCUT2D eigenvalue weighted by Crippen LogP contribution is 2.19. The monoisotopic (exact) mass is 334 g/mol. The summed E-state index contributed by atoms with van der Waals surface area (Å²) in [4.78, 5) is 26.5. The number of esters is 1. The molecule has 0 fully saturated rings. The summed E-state index contributed by atoms with van der Waals surface area (Å²) in [6, 6.07) is 16.2. The molecule has 25 heavy (non-hydrogen) atoms. The minimum absolute atomic E-state index is 0.198. The molecule has 0 spiro atoms. The second-order valence-corrected chi connectivity index (χ2v) is 6.02. The van der Waals surface area contributed by atoms with Crippen molar-refractivity contribution in [3.05, 3.63) is 70.8 Å². The largest absolute Gasteiger partial charge is 0.449 e. The topological polar surface area (TPSA) is 70.4 Å². The van der Waals surface area contributed by atoms with E-state index >= 15 is 0 Å². The van der Waals surface area contributed by atoms with E-state index in [1.165, 1.54) is 17.7 Å². The van der Waals surface area contributed by atoms with Crippen molar-refractivity contribution in [3.8, 4) is 6.07 Å². The molecular weight excluding hydrogens is 316 g/mol. The van der Waals surface area contributed by atoms with Gasteiger partial charge in [-0.15, -0.1) is 0 Å². The molecule has 1 aliphatic rings. The van der Waals surface area contributed by atoms with Gasteiger partial charge in [0.25, 0.3) is 5.91 Å². The zero-order valence-electron chi connectivity index (χ0n) is 13.9. The van der Waals surface area contributed by atoms with Crippen LogP contribution in [0.1, 0.15) is 34.0 Å². The molecule has 0 aliphatic carbocycles. The molecular formula is C20H18N2O3. The van der Waals surface area contributed by atoms with Crippen LogP contribution < -0.4 is 0 Å². The molecule has 1 aliphatic heterocycles. The first kappa shape index (κ1) is 16.7. The van der Waals surface area contributed by atoms with Crippen molar-refractivity contribution in [2.75, 3.05) is 6.54 Å². The number of hydrogen-bond donors (Lipinski definition) is 0. The molecule has 0 saturated carbocycles. The third kappa shape index (κ3) is 3.69. The molecule has 1 atom stereocenters. The predicted octanol–water partition coefficient (Wildman–Crippen LogP) is 2.69. The molecule has 5 heteroatoms. The first-order valence-electron chi connectivity index (χ1n) is 8.15. The molecule has 126 valence electrons. The molecule has 2 aromatic carbocycles. The van der Waals surface area contributed by atoms with Crippen LogP contribution in [0.5, 0.6) is 0 Å². The molecule has 3 rings (SSSR count). The number of hydrogen-bond acceptors (Lipinski definition) is 4. The van der Waals surface area contributed by atoms with Crippen molar-refractivity contribution in [1.29, 1.82) is 5.26 Å². The average Bonchev–Trinajstić information content (AvgIpc) is 2.67. The quantitative estimate of drug-likeness (QED) is 0.809. The summed E-state index contributed by atoms with van der Waals surface area (Å²) in [5.74, 6) is -0.765. The number of benzene rings is 2. The third-order valence-corrected chi connectivity index (χ3v) is 4.32. The average molecular weight is 334 g/mol. The van der Waals surface area contributed by atoms with E-state index in [1.807, 2.05) is 24.3 Å². The van der Waals surface area contributed by atoms with Gasteiger partial charge in [0, 0.05) is 13.1 Å². The summed E-state index contributed by atoms with van der Waals surface area (Å²) in [6.45, 7) is 2.74. The van der Waals surface area contributed by atoms with Crippen LogP contribution in [0, 0.1) is 11.3 Å². The fraction of sp³-hybridized carbons (Fsp3) is 0.250. The minimum atomic E-state index is -0.853. The number of nitriles is 1. The van der Waals surface area contributed by atoms with Crippen molar-refractivity contribution in [2.24, 2.45) is 0 Å². The minimum Gasteiger partial charge on any atom is -0.449 e. The molecule has 2 aromatic rings. The number of fused-ring (bicyclic) bond motifs is 1. The van der Waals surface area contributed by atoms with Crippen LogP contribution in [0.25, 0.3) is 0 Å². The van der Waals surface area contributed by atoms with E-state index in [2.05, 4.69) is 6.07 Å². The number of ether oxygens (including phenoxy) is 1. The lowest BCUT2D eigenvalue weighted by atomic mass is 9.99. The Hall–Kier alpha value is -3.13. The summed E-state index contributed by atoms with van der Waals surface area (Å²) >= 11 is 0. The Morgan fingerprint density at radius 1 is 1.12 bits per heavy atom. The van der Waals surface area contributed by atoms with Crippen LogP contribution in [0.15, 0.2) is 48.5 Å². The zero-order chi connectivity index (χ0) is 17.8. The summed E-state index contributed by atoms with van der Waals surface area (Å²) in [6.07, 6.45) is -0.0496. The van der Waals surface area contributed by atoms with E-state index < -0.39 is 12.1 Å². The highest BCUT2D eigenvalue weighted by atomic mass is 16.5. The number of nitrogens with zero attached hydrogens (tertiary/aromatic N) is 2. The van der Waals surface area contributed by atoms with Gasteiger partial charge >= 0.3 is 5.97 Å². The maximum Gasteiger partial charge on any atom is 0.338 e. The van der Waals surface area contributed by atoms with Crippen molar-refractivity contribution >= 4 is 11.9 Å². The maximum atomic E-state index is 12.6. The van der Waals surface area contributed by atoms with Gasteiger partial charge in [0.05, 0.1) is 17.2 Å². The second kappa shape index (κ2) is 7.18. The van der Waals surface area contributed by atoms with Gasteiger partial charge in [-0.3, -0.25) is 4.79 Å². The van der Waals surface area contributed by atoms with Gasteiger partial charge in [0.15, 0.2) is 6.10 Å². The maximum absolute atomic E-state index is 12.6. The molecule has 0 saturated heterocycles. The molecule has 5 nitrogen and oxygen atoms in total. The predicted molar refractivity (Wildman–Crippen MR) is 91.6 cm³/mol. The number of rotatable bonds is 3. The van der Waals surface area contributed by atoms with E-state index in [4.69, 9.17) is 10.00 Å².